The number of nitrogens with two attached hydrogens (primary N) is 1. The Labute approximate surface area is 83.2 Å². The molecule has 3 N–H and O–H groups in total. The Morgan fingerprint density at radius 2 is 2.43 bits per heavy atom. The number of hydrogen-bond acceptors (Lipinski definition) is 4. The van der Waals surface area contributed by atoms with Crippen LogP contribution in [-0.2, 0) is 9.53 Å². The maximum absolute atomic E-state index is 11.0. The quantitative estimate of drug-likeness (QED) is 0.596. The van der Waals surface area contributed by atoms with Gasteiger partial charge in [0.2, 0.25) is 5.91 Å². The van der Waals surface area contributed by atoms with Gasteiger partial charge in [-0.25, -0.2) is 0 Å². The van der Waals surface area contributed by atoms with Crippen molar-refractivity contribution in [2.75, 3.05) is 13.2 Å². The molecule has 2 unspecified atom stereocenters. The monoisotopic (exact) mass is 197 g/mol. The summed E-state index contributed by atoms with van der Waals surface area (Å²) in [6.07, 6.45) is 2.95. The minimum absolute atomic E-state index is 0.0000463. The topological polar surface area (TPSA) is 88.1 Å². The molecule has 0 heterocycles. The largest absolute Gasteiger partial charge is 0.367 e. The highest BCUT2D eigenvalue weighted by molar-refractivity contribution is 5.77. The van der Waals surface area contributed by atoms with Crippen LogP contribution in [0.3, 0.4) is 0 Å². The Bertz CT molecular complexity index is 237. The number of rotatable bonds is 4. The highest BCUT2D eigenvalue weighted by atomic mass is 16.5. The van der Waals surface area contributed by atoms with Gasteiger partial charge >= 0.3 is 0 Å². The van der Waals surface area contributed by atoms with Crippen LogP contribution in [0.15, 0.2) is 0 Å². The molecule has 14 heavy (non-hydrogen) atoms. The van der Waals surface area contributed by atoms with Gasteiger partial charge in [-0.3, -0.25) is 4.79 Å². The fourth-order valence-electron chi connectivity index (χ4n) is 1.53. The molecule has 1 aliphatic carbocycles. The second-order valence-corrected chi connectivity index (χ2v) is 3.38. The zero-order valence-electron chi connectivity index (χ0n) is 8.03. The smallest absolute Gasteiger partial charge is 0.246 e. The van der Waals surface area contributed by atoms with Crippen molar-refractivity contribution in [3.8, 4) is 6.07 Å². The predicted molar refractivity (Wildman–Crippen MR) is 50.2 cm³/mol. The van der Waals surface area contributed by atoms with E-state index in [4.69, 9.17) is 15.7 Å². The van der Waals surface area contributed by atoms with Crippen LogP contribution in [-0.4, -0.2) is 31.2 Å². The fraction of sp³-hybridized carbons (Fsp3) is 0.778. The van der Waals surface area contributed by atoms with E-state index in [0.29, 0.717) is 0 Å². The number of nitriles is 1. The third-order valence-corrected chi connectivity index (χ3v) is 2.30. The lowest BCUT2D eigenvalue weighted by atomic mass is 10.2. The van der Waals surface area contributed by atoms with Crippen molar-refractivity contribution in [2.24, 2.45) is 5.73 Å². The predicted octanol–water partition coefficient (Wildman–Crippen LogP) is -0.477. The van der Waals surface area contributed by atoms with Crippen LogP contribution in [0, 0.1) is 11.3 Å². The maximum Gasteiger partial charge on any atom is 0.246 e. The minimum Gasteiger partial charge on any atom is -0.367 e. The number of carbonyl (C=O) groups is 1. The molecule has 1 amide bonds. The van der Waals surface area contributed by atoms with Gasteiger partial charge in [0.05, 0.1) is 12.2 Å². The molecule has 0 radical (unpaired) electrons. The van der Waals surface area contributed by atoms with Gasteiger partial charge in [-0.1, -0.05) is 0 Å². The zero-order chi connectivity index (χ0) is 10.4. The lowest BCUT2D eigenvalue weighted by molar-refractivity contribution is -0.127. The van der Waals surface area contributed by atoms with Crippen LogP contribution in [0.5, 0.6) is 0 Å². The summed E-state index contributed by atoms with van der Waals surface area (Å²) < 4.78 is 5.33. The van der Waals surface area contributed by atoms with E-state index >= 15 is 0 Å². The van der Waals surface area contributed by atoms with Crippen molar-refractivity contribution in [1.29, 1.82) is 5.26 Å². The van der Waals surface area contributed by atoms with Crippen LogP contribution in [0.4, 0.5) is 0 Å². The number of nitrogens with one attached hydrogen (secondary N) is 1. The zero-order valence-corrected chi connectivity index (χ0v) is 8.03. The van der Waals surface area contributed by atoms with E-state index in [1.165, 1.54) is 0 Å². The van der Waals surface area contributed by atoms with Crippen LogP contribution in [0.2, 0.25) is 0 Å². The summed E-state index contributed by atoms with van der Waals surface area (Å²) in [4.78, 5) is 11.0. The molecule has 5 heteroatoms. The first kappa shape index (κ1) is 11.0. The van der Waals surface area contributed by atoms with Crippen molar-refractivity contribution in [1.82, 2.24) is 5.32 Å². The number of carbonyl (C=O) groups excluding carboxylic acids is 1. The summed E-state index contributed by atoms with van der Waals surface area (Å²) in [5, 5.41) is 10.6. The minimum atomic E-state index is -0.259. The molecule has 0 aliphatic heterocycles. The first-order chi connectivity index (χ1) is 6.74. The molecule has 5 nitrogen and oxygen atoms in total. The Morgan fingerprint density at radius 1 is 1.64 bits per heavy atom. The maximum atomic E-state index is 11.0. The van der Waals surface area contributed by atoms with E-state index in [1.807, 2.05) is 6.07 Å². The van der Waals surface area contributed by atoms with Crippen LogP contribution < -0.4 is 11.1 Å². The van der Waals surface area contributed by atoms with Gasteiger partial charge in [0, 0.05) is 6.04 Å². The van der Waals surface area contributed by atoms with E-state index in [9.17, 15) is 4.79 Å². The van der Waals surface area contributed by atoms with Gasteiger partial charge in [0.15, 0.2) is 0 Å². The molecule has 1 aliphatic rings. The molecule has 0 saturated heterocycles. The summed E-state index contributed by atoms with van der Waals surface area (Å²) in [5.41, 5.74) is 5.76. The molecule has 2 atom stereocenters. The highest BCUT2D eigenvalue weighted by Crippen LogP contribution is 2.19. The van der Waals surface area contributed by atoms with Crippen LogP contribution in [0.1, 0.15) is 19.3 Å². The molecular formula is C9H15N3O2. The molecule has 0 bridgehead atoms. The molecule has 0 aromatic heterocycles. The standard InChI is InChI=1S/C9H15N3O2/c10-4-5-12-9(13)6-14-8-3-1-2-7(8)11/h7-8H,1-3,5-6,11H2,(H,12,13). The van der Waals surface area contributed by atoms with Crippen LogP contribution in [0.25, 0.3) is 0 Å². The van der Waals surface area contributed by atoms with Crippen molar-refractivity contribution in [2.45, 2.75) is 31.4 Å². The van der Waals surface area contributed by atoms with E-state index in [2.05, 4.69) is 5.32 Å². The summed E-state index contributed by atoms with van der Waals surface area (Å²) in [7, 11) is 0. The average molecular weight is 197 g/mol. The first-order valence-corrected chi connectivity index (χ1v) is 4.75. The molecule has 0 aromatic carbocycles. The Hall–Kier alpha value is -1.12. The second kappa shape index (κ2) is 5.58. The summed E-state index contributed by atoms with van der Waals surface area (Å²) in [6, 6.07) is 1.88. The third kappa shape index (κ3) is 3.32. The van der Waals surface area contributed by atoms with Crippen molar-refractivity contribution in [3.63, 3.8) is 0 Å². The first-order valence-electron chi connectivity index (χ1n) is 4.75. The van der Waals surface area contributed by atoms with Gasteiger partial charge in [0.1, 0.15) is 13.2 Å². The lowest BCUT2D eigenvalue weighted by Crippen LogP contribution is -2.35. The van der Waals surface area contributed by atoms with Gasteiger partial charge < -0.3 is 15.8 Å². The summed E-state index contributed by atoms with van der Waals surface area (Å²) in [6.45, 7) is 0.0267. The van der Waals surface area contributed by atoms with Crippen molar-refractivity contribution >= 4 is 5.91 Å². The second-order valence-electron chi connectivity index (χ2n) is 3.38. The Kier molecular flexibility index (Phi) is 4.36. The van der Waals surface area contributed by atoms with E-state index in [-0.39, 0.29) is 31.2 Å². The lowest BCUT2D eigenvalue weighted by Gasteiger charge is -2.15. The fourth-order valence-corrected chi connectivity index (χ4v) is 1.53. The van der Waals surface area contributed by atoms with Gasteiger partial charge in [-0.2, -0.15) is 5.26 Å². The Morgan fingerprint density at radius 3 is 3.00 bits per heavy atom. The van der Waals surface area contributed by atoms with Crippen LogP contribution >= 0.6 is 0 Å². The molecule has 0 aromatic rings. The molecular weight excluding hydrogens is 182 g/mol. The Balaban J connectivity index is 2.13. The van der Waals surface area contributed by atoms with Crippen molar-refractivity contribution < 1.29 is 9.53 Å². The summed E-state index contributed by atoms with van der Waals surface area (Å²) >= 11 is 0. The number of hydrogen-bond donors (Lipinski definition) is 2. The highest BCUT2D eigenvalue weighted by Gasteiger charge is 2.24. The average Bonchev–Trinajstić information content (AvgIpc) is 2.58. The molecule has 1 fully saturated rings. The number of ether oxygens (including phenoxy) is 1. The van der Waals surface area contributed by atoms with E-state index in [1.54, 1.807) is 0 Å². The molecule has 78 valence electrons. The number of amides is 1. The van der Waals surface area contributed by atoms with Crippen molar-refractivity contribution in [3.05, 3.63) is 0 Å². The van der Waals surface area contributed by atoms with E-state index in [0.717, 1.165) is 19.3 Å². The number of nitrogens with zero attached hydrogens (tertiary/aromatic N) is 1. The third-order valence-electron chi connectivity index (χ3n) is 2.30. The van der Waals surface area contributed by atoms with Gasteiger partial charge in [-0.05, 0) is 19.3 Å². The SMILES string of the molecule is N#CCNC(=O)COC1CCCC1N. The van der Waals surface area contributed by atoms with Gasteiger partial charge in [-0.15, -0.1) is 0 Å². The molecule has 1 saturated carbocycles. The van der Waals surface area contributed by atoms with E-state index < -0.39 is 0 Å². The van der Waals surface area contributed by atoms with Gasteiger partial charge in [0.25, 0.3) is 0 Å². The molecule has 0 spiro atoms. The summed E-state index contributed by atoms with van der Waals surface area (Å²) in [5.74, 6) is -0.259. The normalized spacial score (nSPS) is 25.7. The molecule has 1 rings (SSSR count).